The van der Waals surface area contributed by atoms with Gasteiger partial charge in [-0.2, -0.15) is 0 Å². The quantitative estimate of drug-likeness (QED) is 0.258. The molecule has 0 aliphatic carbocycles. The van der Waals surface area contributed by atoms with Crippen molar-refractivity contribution in [3.05, 3.63) is 75.9 Å². The van der Waals surface area contributed by atoms with Crippen LogP contribution in [0, 0.1) is 18.8 Å². The molecule has 2 aromatic carbocycles. The lowest BCUT2D eigenvalue weighted by Gasteiger charge is -2.15. The molecule has 3 rings (SSSR count). The minimum atomic E-state index is -0.818. The van der Waals surface area contributed by atoms with Crippen molar-refractivity contribution in [3.8, 4) is 23.2 Å². The molecular weight excluding hydrogens is 442 g/mol. The topological polar surface area (TPSA) is 89.6 Å². The van der Waals surface area contributed by atoms with Crippen molar-refractivity contribution in [2.24, 2.45) is 0 Å². The summed E-state index contributed by atoms with van der Waals surface area (Å²) in [4.78, 5) is 23.2. The van der Waals surface area contributed by atoms with Crippen LogP contribution >= 0.6 is 11.6 Å². The van der Waals surface area contributed by atoms with Crippen LogP contribution in [0.3, 0.4) is 0 Å². The molecule has 0 aliphatic heterocycles. The molecule has 1 unspecified atom stereocenters. The van der Waals surface area contributed by atoms with Crippen molar-refractivity contribution in [1.82, 2.24) is 5.16 Å². The standard InChI is InChI=1S/C26H24ClNO5/c1-17-22(16-25(31)32-18(2)21-9-6-7-10-23(21)27)26(33-28-17)20-14-12-19(13-15-20)8-4-3-5-11-24(29)30/h6-7,9-10,12-15,18H,3,5,11,16H2,1-2H3,(H,29,30). The van der Waals surface area contributed by atoms with Gasteiger partial charge in [0.2, 0.25) is 0 Å². The number of nitrogens with zero attached hydrogens (tertiary/aromatic N) is 1. The summed E-state index contributed by atoms with van der Waals surface area (Å²) in [5.41, 5.74) is 3.61. The Morgan fingerprint density at radius 2 is 1.91 bits per heavy atom. The van der Waals surface area contributed by atoms with E-state index in [4.69, 9.17) is 26.0 Å². The fourth-order valence-corrected chi connectivity index (χ4v) is 3.56. The predicted octanol–water partition coefficient (Wildman–Crippen LogP) is 5.76. The van der Waals surface area contributed by atoms with Gasteiger partial charge in [0.05, 0.1) is 12.1 Å². The third-order valence-corrected chi connectivity index (χ3v) is 5.37. The fourth-order valence-electron chi connectivity index (χ4n) is 3.27. The van der Waals surface area contributed by atoms with E-state index < -0.39 is 18.0 Å². The number of hydrogen-bond acceptors (Lipinski definition) is 5. The van der Waals surface area contributed by atoms with Crippen molar-refractivity contribution in [1.29, 1.82) is 0 Å². The summed E-state index contributed by atoms with van der Waals surface area (Å²) in [7, 11) is 0. The number of carbonyl (C=O) groups is 2. The number of ether oxygens (including phenoxy) is 1. The smallest absolute Gasteiger partial charge is 0.311 e. The molecule has 0 fully saturated rings. The maximum atomic E-state index is 12.6. The molecular formula is C26H24ClNO5. The molecule has 1 N–H and O–H groups in total. The molecule has 6 nitrogen and oxygen atoms in total. The molecule has 0 saturated carbocycles. The molecule has 0 radical (unpaired) electrons. The Labute approximate surface area is 197 Å². The van der Waals surface area contributed by atoms with E-state index in [1.807, 2.05) is 42.5 Å². The van der Waals surface area contributed by atoms with Crippen LogP contribution in [0.1, 0.15) is 54.7 Å². The average Bonchev–Trinajstić information content (AvgIpc) is 3.14. The summed E-state index contributed by atoms with van der Waals surface area (Å²) in [6.45, 7) is 3.56. The monoisotopic (exact) mass is 465 g/mol. The number of esters is 1. The van der Waals surface area contributed by atoms with Crippen LogP contribution in [0.4, 0.5) is 0 Å². The van der Waals surface area contributed by atoms with E-state index in [0.29, 0.717) is 34.9 Å². The number of carboxylic acid groups (broad SMARTS) is 1. The van der Waals surface area contributed by atoms with Crippen LogP contribution in [-0.2, 0) is 20.7 Å². The fraction of sp³-hybridized carbons (Fsp3) is 0.269. The third-order valence-electron chi connectivity index (χ3n) is 5.03. The Hall–Kier alpha value is -3.56. The molecule has 0 bridgehead atoms. The van der Waals surface area contributed by atoms with Gasteiger partial charge in [0.1, 0.15) is 6.10 Å². The Morgan fingerprint density at radius 1 is 1.18 bits per heavy atom. The van der Waals surface area contributed by atoms with Crippen molar-refractivity contribution >= 4 is 23.5 Å². The first kappa shape index (κ1) is 24.1. The molecule has 1 aromatic heterocycles. The maximum absolute atomic E-state index is 12.6. The van der Waals surface area contributed by atoms with E-state index in [1.165, 1.54) is 0 Å². The third kappa shape index (κ3) is 6.71. The Kier molecular flexibility index (Phi) is 8.28. The van der Waals surface area contributed by atoms with Crippen molar-refractivity contribution in [2.45, 2.75) is 45.6 Å². The van der Waals surface area contributed by atoms with Gasteiger partial charge in [-0.05, 0) is 50.6 Å². The van der Waals surface area contributed by atoms with Gasteiger partial charge in [-0.3, -0.25) is 9.59 Å². The second-order valence-corrected chi connectivity index (χ2v) is 7.94. The second-order valence-electron chi connectivity index (χ2n) is 7.53. The normalized spacial score (nSPS) is 11.4. The van der Waals surface area contributed by atoms with Gasteiger partial charge in [0.25, 0.3) is 0 Å². The number of hydrogen-bond donors (Lipinski definition) is 1. The minimum absolute atomic E-state index is 0.0184. The summed E-state index contributed by atoms with van der Waals surface area (Å²) < 4.78 is 11.1. The number of carboxylic acids is 1. The largest absolute Gasteiger partial charge is 0.481 e. The number of unbranched alkanes of at least 4 members (excludes halogenated alkanes) is 1. The van der Waals surface area contributed by atoms with E-state index in [-0.39, 0.29) is 12.8 Å². The molecule has 33 heavy (non-hydrogen) atoms. The lowest BCUT2D eigenvalue weighted by molar-refractivity contribution is -0.147. The van der Waals surface area contributed by atoms with Gasteiger partial charge < -0.3 is 14.4 Å². The molecule has 1 atom stereocenters. The van der Waals surface area contributed by atoms with Crippen LogP contribution in [0.25, 0.3) is 11.3 Å². The number of rotatable bonds is 8. The van der Waals surface area contributed by atoms with E-state index >= 15 is 0 Å². The SMILES string of the molecule is Cc1noc(-c2ccc(C#CCCCC(=O)O)cc2)c1CC(=O)OC(C)c1ccccc1Cl. The molecule has 0 spiro atoms. The highest BCUT2D eigenvalue weighted by molar-refractivity contribution is 6.31. The number of carbonyl (C=O) groups excluding carboxylic acids is 1. The highest BCUT2D eigenvalue weighted by Gasteiger charge is 2.21. The van der Waals surface area contributed by atoms with Gasteiger partial charge in [0.15, 0.2) is 5.76 Å². The Morgan fingerprint density at radius 3 is 2.61 bits per heavy atom. The highest BCUT2D eigenvalue weighted by Crippen LogP contribution is 2.29. The zero-order valence-electron chi connectivity index (χ0n) is 18.4. The summed E-state index contributed by atoms with van der Waals surface area (Å²) >= 11 is 6.20. The summed E-state index contributed by atoms with van der Waals surface area (Å²) in [5.74, 6) is 5.28. The van der Waals surface area contributed by atoms with E-state index in [9.17, 15) is 9.59 Å². The number of benzene rings is 2. The van der Waals surface area contributed by atoms with E-state index in [0.717, 1.165) is 16.7 Å². The van der Waals surface area contributed by atoms with Gasteiger partial charge in [-0.1, -0.05) is 46.8 Å². The summed E-state index contributed by atoms with van der Waals surface area (Å²) in [6.07, 6.45) is 0.689. The van der Waals surface area contributed by atoms with Crippen LogP contribution < -0.4 is 0 Å². The number of aliphatic carboxylic acids is 1. The number of aryl methyl sites for hydroxylation is 1. The first-order valence-corrected chi connectivity index (χ1v) is 10.9. The van der Waals surface area contributed by atoms with E-state index in [2.05, 4.69) is 17.0 Å². The average molecular weight is 466 g/mol. The first-order chi connectivity index (χ1) is 15.8. The minimum Gasteiger partial charge on any atom is -0.481 e. The van der Waals surface area contributed by atoms with Gasteiger partial charge in [0, 0.05) is 40.1 Å². The molecule has 0 amide bonds. The van der Waals surface area contributed by atoms with Gasteiger partial charge in [-0.15, -0.1) is 0 Å². The zero-order chi connectivity index (χ0) is 23.8. The lowest BCUT2D eigenvalue weighted by Crippen LogP contribution is -2.12. The molecule has 7 heteroatoms. The zero-order valence-corrected chi connectivity index (χ0v) is 19.2. The number of halogens is 1. The summed E-state index contributed by atoms with van der Waals surface area (Å²) in [5, 5.41) is 13.2. The molecule has 0 saturated heterocycles. The van der Waals surface area contributed by atoms with Crippen molar-refractivity contribution in [2.75, 3.05) is 0 Å². The Balaban J connectivity index is 1.67. The first-order valence-electron chi connectivity index (χ1n) is 10.5. The van der Waals surface area contributed by atoms with Crippen molar-refractivity contribution in [3.63, 3.8) is 0 Å². The van der Waals surface area contributed by atoms with Crippen LogP contribution in [0.15, 0.2) is 53.1 Å². The van der Waals surface area contributed by atoms with Crippen LogP contribution in [0.2, 0.25) is 5.02 Å². The second kappa shape index (κ2) is 11.3. The van der Waals surface area contributed by atoms with Gasteiger partial charge >= 0.3 is 11.9 Å². The lowest BCUT2D eigenvalue weighted by atomic mass is 10.0. The van der Waals surface area contributed by atoms with Crippen LogP contribution in [0.5, 0.6) is 0 Å². The molecule has 0 aliphatic rings. The van der Waals surface area contributed by atoms with Gasteiger partial charge in [-0.25, -0.2) is 0 Å². The van der Waals surface area contributed by atoms with Crippen molar-refractivity contribution < 1.29 is 24.0 Å². The Bertz CT molecular complexity index is 1190. The molecule has 3 aromatic rings. The molecule has 170 valence electrons. The number of aromatic nitrogens is 1. The highest BCUT2D eigenvalue weighted by atomic mass is 35.5. The van der Waals surface area contributed by atoms with E-state index in [1.54, 1.807) is 19.9 Å². The molecule has 1 heterocycles. The maximum Gasteiger partial charge on any atom is 0.311 e. The predicted molar refractivity (Wildman–Crippen MR) is 125 cm³/mol. The summed E-state index contributed by atoms with van der Waals surface area (Å²) in [6, 6.07) is 14.6. The van der Waals surface area contributed by atoms with Crippen LogP contribution in [-0.4, -0.2) is 22.2 Å².